The molecular weight excluding hydrogens is 242 g/mol. The molecule has 0 saturated carbocycles. The predicted molar refractivity (Wildman–Crippen MR) is 60.5 cm³/mol. The normalized spacial score (nSPS) is 11.4. The fourth-order valence-electron chi connectivity index (χ4n) is 1.31. The van der Waals surface area contributed by atoms with E-state index in [4.69, 9.17) is 4.55 Å². The zero-order valence-electron chi connectivity index (χ0n) is 8.68. The summed E-state index contributed by atoms with van der Waals surface area (Å²) in [5.41, 5.74) is 1.32. The Labute approximate surface area is 98.1 Å². The molecule has 17 heavy (non-hydrogen) atoms. The second kappa shape index (κ2) is 4.56. The molecule has 2 rings (SSSR count). The summed E-state index contributed by atoms with van der Waals surface area (Å²) in [5.74, 6) is -0.546. The molecule has 0 spiro atoms. The van der Waals surface area contributed by atoms with E-state index < -0.39 is 15.9 Å². The molecular formula is C10H9N3O3S. The van der Waals surface area contributed by atoms with E-state index in [0.29, 0.717) is 5.69 Å². The molecule has 88 valence electrons. The highest BCUT2D eigenvalue weighted by Crippen LogP contribution is 2.14. The lowest BCUT2D eigenvalue weighted by molar-refractivity contribution is 0.481. The number of pyridine rings is 1. The number of hydrogen-bond donors (Lipinski definition) is 1. The molecule has 0 aliphatic heterocycles. The predicted octanol–water partition coefficient (Wildman–Crippen LogP) is 0.926. The van der Waals surface area contributed by atoms with Gasteiger partial charge in [-0.2, -0.15) is 8.42 Å². The maximum Gasteiger partial charge on any atom is 0.272 e. The topological polar surface area (TPSA) is 93.0 Å². The Morgan fingerprint density at radius 2 is 2.06 bits per heavy atom. The van der Waals surface area contributed by atoms with Crippen molar-refractivity contribution < 1.29 is 13.0 Å². The van der Waals surface area contributed by atoms with E-state index in [2.05, 4.69) is 15.0 Å². The Kier molecular flexibility index (Phi) is 3.12. The average Bonchev–Trinajstić information content (AvgIpc) is 2.28. The second-order valence-electron chi connectivity index (χ2n) is 3.33. The zero-order chi connectivity index (χ0) is 12.3. The van der Waals surface area contributed by atoms with Gasteiger partial charge in [0.1, 0.15) is 11.6 Å². The Balaban J connectivity index is 2.36. The van der Waals surface area contributed by atoms with E-state index in [-0.39, 0.29) is 5.82 Å². The van der Waals surface area contributed by atoms with Crippen LogP contribution in [-0.2, 0) is 15.9 Å². The second-order valence-corrected chi connectivity index (χ2v) is 4.78. The molecule has 0 aliphatic rings. The van der Waals surface area contributed by atoms with Crippen LogP contribution in [-0.4, -0.2) is 27.9 Å². The molecule has 0 fully saturated rings. The van der Waals surface area contributed by atoms with E-state index >= 15 is 0 Å². The van der Waals surface area contributed by atoms with Crippen LogP contribution in [0.25, 0.3) is 11.3 Å². The lowest BCUT2D eigenvalue weighted by Gasteiger charge is -2.02. The van der Waals surface area contributed by atoms with Crippen molar-refractivity contribution in [3.63, 3.8) is 0 Å². The van der Waals surface area contributed by atoms with Gasteiger partial charge in [-0.05, 0) is 18.2 Å². The van der Waals surface area contributed by atoms with Gasteiger partial charge in [0.15, 0.2) is 0 Å². The van der Waals surface area contributed by atoms with Crippen molar-refractivity contribution in [2.24, 2.45) is 0 Å². The molecule has 6 nitrogen and oxygen atoms in total. The summed E-state index contributed by atoms with van der Waals surface area (Å²) >= 11 is 0. The molecule has 0 amide bonds. The van der Waals surface area contributed by atoms with Gasteiger partial charge in [-0.3, -0.25) is 9.54 Å². The van der Waals surface area contributed by atoms with E-state index in [1.165, 1.54) is 6.20 Å². The van der Waals surface area contributed by atoms with E-state index in [1.54, 1.807) is 30.6 Å². The maximum absolute atomic E-state index is 10.7. The van der Waals surface area contributed by atoms with Crippen LogP contribution in [0.3, 0.4) is 0 Å². The molecule has 0 radical (unpaired) electrons. The maximum atomic E-state index is 10.7. The average molecular weight is 251 g/mol. The first kappa shape index (κ1) is 11.6. The van der Waals surface area contributed by atoms with E-state index in [0.717, 1.165) is 5.56 Å². The first-order valence-electron chi connectivity index (χ1n) is 4.72. The summed E-state index contributed by atoms with van der Waals surface area (Å²) in [6.45, 7) is 0. The van der Waals surface area contributed by atoms with Crippen molar-refractivity contribution in [2.75, 3.05) is 0 Å². The molecule has 2 heterocycles. The quantitative estimate of drug-likeness (QED) is 0.815. The monoisotopic (exact) mass is 251 g/mol. The summed E-state index contributed by atoms with van der Waals surface area (Å²) in [6.07, 6.45) is 4.68. The lowest BCUT2D eigenvalue weighted by Crippen LogP contribution is -2.06. The SMILES string of the molecule is O=S(=O)(O)Cc1nccc(-c2cccnc2)n1. The minimum Gasteiger partial charge on any atom is -0.285 e. The Morgan fingerprint density at radius 3 is 2.71 bits per heavy atom. The van der Waals surface area contributed by atoms with Gasteiger partial charge in [0.2, 0.25) is 0 Å². The number of hydrogen-bond acceptors (Lipinski definition) is 5. The lowest BCUT2D eigenvalue weighted by atomic mass is 10.2. The first-order chi connectivity index (χ1) is 8.04. The third-order valence-electron chi connectivity index (χ3n) is 1.97. The van der Waals surface area contributed by atoms with Crippen LogP contribution in [0.1, 0.15) is 5.82 Å². The van der Waals surface area contributed by atoms with Gasteiger partial charge in [-0.25, -0.2) is 9.97 Å². The Bertz CT molecular complexity index is 614. The largest absolute Gasteiger partial charge is 0.285 e. The van der Waals surface area contributed by atoms with Crippen LogP contribution < -0.4 is 0 Å². The third kappa shape index (κ3) is 3.30. The minimum absolute atomic E-state index is 0.0499. The highest BCUT2D eigenvalue weighted by Gasteiger charge is 2.10. The molecule has 0 aliphatic carbocycles. The van der Waals surface area contributed by atoms with E-state index in [9.17, 15) is 8.42 Å². The molecule has 1 N–H and O–H groups in total. The number of rotatable bonds is 3. The van der Waals surface area contributed by atoms with Crippen LogP contribution in [0.15, 0.2) is 36.8 Å². The van der Waals surface area contributed by atoms with Crippen LogP contribution >= 0.6 is 0 Å². The molecule has 7 heteroatoms. The van der Waals surface area contributed by atoms with Crippen molar-refractivity contribution in [1.82, 2.24) is 15.0 Å². The van der Waals surface area contributed by atoms with Gasteiger partial charge in [0.05, 0.1) is 5.69 Å². The van der Waals surface area contributed by atoms with Gasteiger partial charge in [0, 0.05) is 24.2 Å². The summed E-state index contributed by atoms with van der Waals surface area (Å²) in [7, 11) is -4.12. The van der Waals surface area contributed by atoms with Crippen molar-refractivity contribution in [3.05, 3.63) is 42.6 Å². The highest BCUT2D eigenvalue weighted by atomic mass is 32.2. The zero-order valence-corrected chi connectivity index (χ0v) is 9.50. The van der Waals surface area contributed by atoms with Crippen LogP contribution in [0.4, 0.5) is 0 Å². The fourth-order valence-corrected chi connectivity index (χ4v) is 1.77. The summed E-state index contributed by atoms with van der Waals surface area (Å²) in [4.78, 5) is 11.8. The minimum atomic E-state index is -4.12. The standard InChI is InChI=1S/C10H9N3O3S/c14-17(15,16)7-10-12-5-3-9(13-10)8-2-1-4-11-6-8/h1-6H,7H2,(H,14,15,16). The molecule has 0 saturated heterocycles. The van der Waals surface area contributed by atoms with Crippen LogP contribution in [0, 0.1) is 0 Å². The van der Waals surface area contributed by atoms with Gasteiger partial charge in [-0.15, -0.1) is 0 Å². The van der Waals surface area contributed by atoms with Gasteiger partial charge >= 0.3 is 0 Å². The molecule has 0 atom stereocenters. The van der Waals surface area contributed by atoms with Crippen molar-refractivity contribution in [3.8, 4) is 11.3 Å². The van der Waals surface area contributed by atoms with Gasteiger partial charge < -0.3 is 0 Å². The number of nitrogens with zero attached hydrogens (tertiary/aromatic N) is 3. The Hall–Kier alpha value is -1.86. The summed E-state index contributed by atoms with van der Waals surface area (Å²) < 4.78 is 30.1. The van der Waals surface area contributed by atoms with Crippen molar-refractivity contribution in [1.29, 1.82) is 0 Å². The highest BCUT2D eigenvalue weighted by molar-refractivity contribution is 7.84. The molecule has 0 aromatic carbocycles. The molecule has 0 unspecified atom stereocenters. The third-order valence-corrected chi connectivity index (χ3v) is 2.60. The fraction of sp³-hybridized carbons (Fsp3) is 0.100. The summed E-state index contributed by atoms with van der Waals surface area (Å²) in [5, 5.41) is 0. The van der Waals surface area contributed by atoms with Gasteiger partial charge in [0.25, 0.3) is 10.1 Å². The molecule has 0 bridgehead atoms. The van der Waals surface area contributed by atoms with Crippen LogP contribution in [0.5, 0.6) is 0 Å². The Morgan fingerprint density at radius 1 is 1.24 bits per heavy atom. The summed E-state index contributed by atoms with van der Waals surface area (Å²) in [6, 6.07) is 5.19. The van der Waals surface area contributed by atoms with E-state index in [1.807, 2.05) is 0 Å². The molecule has 2 aromatic rings. The number of aromatic nitrogens is 3. The van der Waals surface area contributed by atoms with Crippen molar-refractivity contribution >= 4 is 10.1 Å². The molecule has 2 aromatic heterocycles. The smallest absolute Gasteiger partial charge is 0.272 e. The first-order valence-corrected chi connectivity index (χ1v) is 6.33. The van der Waals surface area contributed by atoms with Gasteiger partial charge in [-0.1, -0.05) is 0 Å². The van der Waals surface area contributed by atoms with Crippen molar-refractivity contribution in [2.45, 2.75) is 5.75 Å². The van der Waals surface area contributed by atoms with Crippen LogP contribution in [0.2, 0.25) is 0 Å².